The van der Waals surface area contributed by atoms with Crippen molar-refractivity contribution < 1.29 is 14.0 Å². The first-order valence-electron chi connectivity index (χ1n) is 9.47. The van der Waals surface area contributed by atoms with Crippen LogP contribution in [0.4, 0.5) is 15.8 Å². The molecule has 3 aromatic rings. The van der Waals surface area contributed by atoms with Gasteiger partial charge in [-0.25, -0.2) is 4.39 Å². The van der Waals surface area contributed by atoms with Crippen molar-refractivity contribution in [2.45, 2.75) is 19.8 Å². The first-order valence-corrected chi connectivity index (χ1v) is 9.47. The van der Waals surface area contributed by atoms with E-state index in [0.29, 0.717) is 36.3 Å². The molecule has 0 bridgehead atoms. The lowest BCUT2D eigenvalue weighted by atomic mass is 10.1. The smallest absolute Gasteiger partial charge is 0.257 e. The van der Waals surface area contributed by atoms with E-state index in [1.165, 1.54) is 23.1 Å². The predicted molar refractivity (Wildman–Crippen MR) is 110 cm³/mol. The third kappa shape index (κ3) is 3.87. The standard InChI is InChI=1S/C23H20FN3O2/c1-15-18(10-12-20(25-15)16-6-3-2-4-7-16)23(29)26-17-9-11-19(24)21(14-17)27-13-5-8-22(27)28/h2-4,6-7,9-12,14H,5,8,13H2,1H3,(H,26,29). The van der Waals surface area contributed by atoms with E-state index < -0.39 is 5.82 Å². The number of amides is 2. The molecule has 2 amide bonds. The van der Waals surface area contributed by atoms with Gasteiger partial charge in [0.15, 0.2) is 0 Å². The second-order valence-electron chi connectivity index (χ2n) is 6.96. The SMILES string of the molecule is Cc1nc(-c2ccccc2)ccc1C(=O)Nc1ccc(F)c(N2CCCC2=O)c1. The minimum atomic E-state index is -0.483. The Morgan fingerprint density at radius 2 is 1.90 bits per heavy atom. The highest BCUT2D eigenvalue weighted by Gasteiger charge is 2.24. The van der Waals surface area contributed by atoms with Gasteiger partial charge in [0.1, 0.15) is 5.82 Å². The Labute approximate surface area is 168 Å². The summed E-state index contributed by atoms with van der Waals surface area (Å²) < 4.78 is 14.2. The number of halogens is 1. The van der Waals surface area contributed by atoms with E-state index in [1.54, 1.807) is 19.1 Å². The van der Waals surface area contributed by atoms with Crippen molar-refractivity contribution >= 4 is 23.2 Å². The molecule has 0 saturated carbocycles. The van der Waals surface area contributed by atoms with Crippen molar-refractivity contribution in [2.75, 3.05) is 16.8 Å². The lowest BCUT2D eigenvalue weighted by Crippen LogP contribution is -2.25. The average Bonchev–Trinajstić information content (AvgIpc) is 3.15. The largest absolute Gasteiger partial charge is 0.322 e. The summed E-state index contributed by atoms with van der Waals surface area (Å²) in [6, 6.07) is 17.5. The highest BCUT2D eigenvalue weighted by Crippen LogP contribution is 2.28. The molecule has 2 aromatic carbocycles. The zero-order valence-corrected chi connectivity index (χ0v) is 16.0. The predicted octanol–water partition coefficient (Wildman–Crippen LogP) is 4.58. The Balaban J connectivity index is 1.56. The van der Waals surface area contributed by atoms with E-state index in [2.05, 4.69) is 10.3 Å². The molecule has 29 heavy (non-hydrogen) atoms. The number of nitrogens with one attached hydrogen (secondary N) is 1. The number of rotatable bonds is 4. The second-order valence-corrected chi connectivity index (χ2v) is 6.96. The van der Waals surface area contributed by atoms with Gasteiger partial charge in [0.25, 0.3) is 5.91 Å². The van der Waals surface area contributed by atoms with Crippen LogP contribution in [0.15, 0.2) is 60.7 Å². The first kappa shape index (κ1) is 18.8. The third-order valence-electron chi connectivity index (χ3n) is 4.97. The minimum absolute atomic E-state index is 0.107. The molecule has 0 spiro atoms. The number of nitrogens with zero attached hydrogens (tertiary/aromatic N) is 2. The fourth-order valence-electron chi connectivity index (χ4n) is 3.47. The molecule has 2 heterocycles. The molecule has 1 aliphatic heterocycles. The van der Waals surface area contributed by atoms with Gasteiger partial charge in [-0.2, -0.15) is 0 Å². The Morgan fingerprint density at radius 1 is 1.10 bits per heavy atom. The molecule has 0 radical (unpaired) electrons. The topological polar surface area (TPSA) is 62.3 Å². The number of aromatic nitrogens is 1. The Hall–Kier alpha value is -3.54. The number of hydrogen-bond donors (Lipinski definition) is 1. The van der Waals surface area contributed by atoms with Gasteiger partial charge in [0.2, 0.25) is 5.91 Å². The molecule has 146 valence electrons. The molecule has 0 unspecified atom stereocenters. The van der Waals surface area contributed by atoms with E-state index in [0.717, 1.165) is 11.3 Å². The molecule has 6 heteroatoms. The summed E-state index contributed by atoms with van der Waals surface area (Å²) in [7, 11) is 0. The summed E-state index contributed by atoms with van der Waals surface area (Å²) in [5.74, 6) is -0.924. The van der Waals surface area contributed by atoms with Crippen molar-refractivity contribution in [3.8, 4) is 11.3 Å². The maximum atomic E-state index is 14.2. The monoisotopic (exact) mass is 389 g/mol. The van der Waals surface area contributed by atoms with Gasteiger partial charge in [-0.05, 0) is 43.7 Å². The van der Waals surface area contributed by atoms with E-state index in [9.17, 15) is 14.0 Å². The van der Waals surface area contributed by atoms with Crippen LogP contribution in [0.1, 0.15) is 28.9 Å². The summed E-state index contributed by atoms with van der Waals surface area (Å²) in [4.78, 5) is 30.6. The quantitative estimate of drug-likeness (QED) is 0.711. The molecule has 1 saturated heterocycles. The van der Waals surface area contributed by atoms with E-state index in [1.807, 2.05) is 30.3 Å². The summed E-state index contributed by atoms with van der Waals surface area (Å²) in [6.45, 7) is 2.26. The molecular weight excluding hydrogens is 369 g/mol. The minimum Gasteiger partial charge on any atom is -0.322 e. The summed E-state index contributed by atoms with van der Waals surface area (Å²) in [5.41, 5.74) is 3.42. The third-order valence-corrected chi connectivity index (χ3v) is 4.97. The van der Waals surface area contributed by atoms with Gasteiger partial charge in [0.05, 0.1) is 22.6 Å². The summed E-state index contributed by atoms with van der Waals surface area (Å²) in [6.07, 6.45) is 1.11. The number of aryl methyl sites for hydroxylation is 1. The Kier molecular flexibility index (Phi) is 5.08. The Morgan fingerprint density at radius 3 is 2.59 bits per heavy atom. The maximum absolute atomic E-state index is 14.2. The van der Waals surface area contributed by atoms with Crippen LogP contribution in [-0.4, -0.2) is 23.3 Å². The zero-order valence-electron chi connectivity index (χ0n) is 16.0. The van der Waals surface area contributed by atoms with Gasteiger partial charge in [-0.15, -0.1) is 0 Å². The number of carbonyl (C=O) groups excluding carboxylic acids is 2. The highest BCUT2D eigenvalue weighted by atomic mass is 19.1. The van der Waals surface area contributed by atoms with Crippen LogP contribution in [0.3, 0.4) is 0 Å². The molecule has 0 atom stereocenters. The molecule has 4 rings (SSSR count). The number of pyridine rings is 1. The number of hydrogen-bond acceptors (Lipinski definition) is 3. The van der Waals surface area contributed by atoms with Gasteiger partial charge in [0, 0.05) is 24.2 Å². The Bertz CT molecular complexity index is 1080. The van der Waals surface area contributed by atoms with Crippen molar-refractivity contribution in [2.24, 2.45) is 0 Å². The summed E-state index contributed by atoms with van der Waals surface area (Å²) in [5, 5.41) is 2.78. The van der Waals surface area contributed by atoms with Gasteiger partial charge in [-0.3, -0.25) is 14.6 Å². The van der Waals surface area contributed by atoms with Crippen LogP contribution >= 0.6 is 0 Å². The number of anilines is 2. The fraction of sp³-hybridized carbons (Fsp3) is 0.174. The van der Waals surface area contributed by atoms with Crippen LogP contribution < -0.4 is 10.2 Å². The van der Waals surface area contributed by atoms with Gasteiger partial charge < -0.3 is 10.2 Å². The lowest BCUT2D eigenvalue weighted by Gasteiger charge is -2.18. The van der Waals surface area contributed by atoms with E-state index >= 15 is 0 Å². The van der Waals surface area contributed by atoms with Crippen LogP contribution in [0.25, 0.3) is 11.3 Å². The van der Waals surface area contributed by atoms with Gasteiger partial charge >= 0.3 is 0 Å². The highest BCUT2D eigenvalue weighted by molar-refractivity contribution is 6.05. The molecule has 1 aromatic heterocycles. The molecule has 1 fully saturated rings. The summed E-state index contributed by atoms with van der Waals surface area (Å²) >= 11 is 0. The van der Waals surface area contributed by atoms with E-state index in [4.69, 9.17) is 0 Å². The second kappa shape index (κ2) is 7.83. The zero-order chi connectivity index (χ0) is 20.4. The number of carbonyl (C=O) groups is 2. The molecule has 0 aliphatic carbocycles. The van der Waals surface area contributed by atoms with Crippen molar-refractivity contribution in [3.05, 3.63) is 77.7 Å². The molecule has 1 aliphatic rings. The molecular formula is C23H20FN3O2. The normalized spacial score (nSPS) is 13.6. The lowest BCUT2D eigenvalue weighted by molar-refractivity contribution is -0.117. The van der Waals surface area contributed by atoms with Crippen LogP contribution in [-0.2, 0) is 4.79 Å². The van der Waals surface area contributed by atoms with Crippen molar-refractivity contribution in [3.63, 3.8) is 0 Å². The van der Waals surface area contributed by atoms with Crippen LogP contribution in [0, 0.1) is 12.7 Å². The van der Waals surface area contributed by atoms with Crippen LogP contribution in [0.2, 0.25) is 0 Å². The maximum Gasteiger partial charge on any atom is 0.257 e. The first-order chi connectivity index (χ1) is 14.0. The van der Waals surface area contributed by atoms with E-state index in [-0.39, 0.29) is 17.5 Å². The van der Waals surface area contributed by atoms with Crippen molar-refractivity contribution in [1.29, 1.82) is 0 Å². The molecule has 1 N–H and O–H groups in total. The molecule has 5 nitrogen and oxygen atoms in total. The fourth-order valence-corrected chi connectivity index (χ4v) is 3.47. The van der Waals surface area contributed by atoms with Crippen LogP contribution in [0.5, 0.6) is 0 Å². The number of benzene rings is 2. The van der Waals surface area contributed by atoms with Crippen molar-refractivity contribution in [1.82, 2.24) is 4.98 Å². The average molecular weight is 389 g/mol. The van der Waals surface area contributed by atoms with Gasteiger partial charge in [-0.1, -0.05) is 30.3 Å².